The van der Waals surface area contributed by atoms with Crippen molar-refractivity contribution in [3.63, 3.8) is 0 Å². The van der Waals surface area contributed by atoms with Crippen LogP contribution in [0.15, 0.2) is 18.5 Å². The van der Waals surface area contributed by atoms with Crippen LogP contribution in [0.3, 0.4) is 0 Å². The molecule has 1 heterocycles. The molecule has 0 aromatic carbocycles. The first kappa shape index (κ1) is 8.17. The third-order valence-electron chi connectivity index (χ3n) is 1.80. The van der Waals surface area contributed by atoms with E-state index in [1.807, 2.05) is 26.1 Å². The lowest BCUT2D eigenvalue weighted by Crippen LogP contribution is -2.26. The standard InChI is InChI=1S/C8H13N3/c1-6-3-4-10-5-8(6)7(2)11-9/h3-5,7,11H,9H2,1-2H3. The maximum absolute atomic E-state index is 5.30. The van der Waals surface area contributed by atoms with Gasteiger partial charge in [-0.2, -0.15) is 0 Å². The van der Waals surface area contributed by atoms with E-state index in [1.165, 1.54) is 5.56 Å². The number of pyridine rings is 1. The first-order valence-corrected chi connectivity index (χ1v) is 3.62. The van der Waals surface area contributed by atoms with Gasteiger partial charge in [0.25, 0.3) is 0 Å². The van der Waals surface area contributed by atoms with Crippen LogP contribution in [-0.2, 0) is 0 Å². The summed E-state index contributed by atoms with van der Waals surface area (Å²) in [6.07, 6.45) is 3.61. The van der Waals surface area contributed by atoms with Gasteiger partial charge in [0.05, 0.1) is 0 Å². The summed E-state index contributed by atoms with van der Waals surface area (Å²) in [6, 6.07) is 2.15. The van der Waals surface area contributed by atoms with Crippen LogP contribution in [0.1, 0.15) is 24.1 Å². The van der Waals surface area contributed by atoms with Gasteiger partial charge in [-0.3, -0.25) is 16.3 Å². The summed E-state index contributed by atoms with van der Waals surface area (Å²) in [5.74, 6) is 5.30. The molecule has 60 valence electrons. The lowest BCUT2D eigenvalue weighted by molar-refractivity contribution is 0.597. The van der Waals surface area contributed by atoms with Gasteiger partial charge in [0, 0.05) is 18.4 Å². The number of hydrazine groups is 1. The van der Waals surface area contributed by atoms with E-state index in [9.17, 15) is 0 Å². The van der Waals surface area contributed by atoms with Gasteiger partial charge in [0.2, 0.25) is 0 Å². The Balaban J connectivity index is 2.93. The van der Waals surface area contributed by atoms with E-state index in [1.54, 1.807) is 6.20 Å². The van der Waals surface area contributed by atoms with Crippen molar-refractivity contribution in [3.05, 3.63) is 29.6 Å². The fourth-order valence-corrected chi connectivity index (χ4v) is 1.02. The molecule has 0 aliphatic heterocycles. The van der Waals surface area contributed by atoms with E-state index in [4.69, 9.17) is 5.84 Å². The van der Waals surface area contributed by atoms with Gasteiger partial charge in [-0.1, -0.05) is 0 Å². The highest BCUT2D eigenvalue weighted by atomic mass is 15.2. The van der Waals surface area contributed by atoms with Gasteiger partial charge >= 0.3 is 0 Å². The number of hydrogen-bond acceptors (Lipinski definition) is 3. The minimum Gasteiger partial charge on any atom is -0.271 e. The highest BCUT2D eigenvalue weighted by Gasteiger charge is 2.04. The molecule has 1 aromatic rings. The SMILES string of the molecule is Cc1ccncc1C(C)NN. The smallest absolute Gasteiger partial charge is 0.0449 e. The van der Waals surface area contributed by atoms with E-state index in [-0.39, 0.29) is 6.04 Å². The fraction of sp³-hybridized carbons (Fsp3) is 0.375. The molecule has 1 rings (SSSR count). The summed E-state index contributed by atoms with van der Waals surface area (Å²) in [5.41, 5.74) is 5.04. The normalized spacial score (nSPS) is 13.0. The molecule has 0 saturated heterocycles. The van der Waals surface area contributed by atoms with Crippen molar-refractivity contribution < 1.29 is 0 Å². The minimum atomic E-state index is 0.170. The maximum atomic E-state index is 5.30. The van der Waals surface area contributed by atoms with E-state index in [0.717, 1.165) is 5.56 Å². The second kappa shape index (κ2) is 3.46. The van der Waals surface area contributed by atoms with Gasteiger partial charge in [-0.05, 0) is 31.0 Å². The van der Waals surface area contributed by atoms with Crippen LogP contribution < -0.4 is 11.3 Å². The summed E-state index contributed by atoms with van der Waals surface area (Å²) in [7, 11) is 0. The molecular weight excluding hydrogens is 138 g/mol. The minimum absolute atomic E-state index is 0.170. The quantitative estimate of drug-likeness (QED) is 0.488. The summed E-state index contributed by atoms with van der Waals surface area (Å²) in [6.45, 7) is 4.05. The molecule has 0 fully saturated rings. The third-order valence-corrected chi connectivity index (χ3v) is 1.80. The van der Waals surface area contributed by atoms with Crippen molar-refractivity contribution in [3.8, 4) is 0 Å². The Labute approximate surface area is 66.6 Å². The Bertz CT molecular complexity index is 235. The van der Waals surface area contributed by atoms with Crippen molar-refractivity contribution in [2.75, 3.05) is 0 Å². The number of hydrogen-bond donors (Lipinski definition) is 2. The molecule has 1 aromatic heterocycles. The number of aryl methyl sites for hydroxylation is 1. The van der Waals surface area contributed by atoms with Gasteiger partial charge in [0.1, 0.15) is 0 Å². The van der Waals surface area contributed by atoms with Crippen LogP contribution in [0.25, 0.3) is 0 Å². The maximum Gasteiger partial charge on any atom is 0.0449 e. The molecule has 0 radical (unpaired) electrons. The van der Waals surface area contributed by atoms with Crippen LogP contribution in [0.5, 0.6) is 0 Å². The lowest BCUT2D eigenvalue weighted by Gasteiger charge is -2.11. The summed E-state index contributed by atoms with van der Waals surface area (Å²) < 4.78 is 0. The highest BCUT2D eigenvalue weighted by Crippen LogP contribution is 2.13. The summed E-state index contributed by atoms with van der Waals surface area (Å²) >= 11 is 0. The topological polar surface area (TPSA) is 50.9 Å². The Kier molecular flexibility index (Phi) is 2.57. The zero-order valence-corrected chi connectivity index (χ0v) is 6.83. The average Bonchev–Trinajstić information content (AvgIpc) is 2.04. The van der Waals surface area contributed by atoms with Crippen LogP contribution in [0, 0.1) is 6.92 Å². The molecule has 3 N–H and O–H groups in total. The summed E-state index contributed by atoms with van der Waals surface area (Å²) in [4.78, 5) is 4.02. The molecule has 3 nitrogen and oxygen atoms in total. The van der Waals surface area contributed by atoms with Crippen LogP contribution >= 0.6 is 0 Å². The van der Waals surface area contributed by atoms with Crippen LogP contribution in [0.2, 0.25) is 0 Å². The van der Waals surface area contributed by atoms with Crippen LogP contribution in [-0.4, -0.2) is 4.98 Å². The predicted octanol–water partition coefficient (Wildman–Crippen LogP) is 0.914. The second-order valence-corrected chi connectivity index (χ2v) is 2.62. The summed E-state index contributed by atoms with van der Waals surface area (Å²) in [5, 5.41) is 0. The highest BCUT2D eigenvalue weighted by molar-refractivity contribution is 5.24. The molecule has 3 heteroatoms. The van der Waals surface area contributed by atoms with Crippen molar-refractivity contribution in [1.82, 2.24) is 10.4 Å². The van der Waals surface area contributed by atoms with Gasteiger partial charge < -0.3 is 0 Å². The zero-order valence-electron chi connectivity index (χ0n) is 6.83. The largest absolute Gasteiger partial charge is 0.271 e. The number of rotatable bonds is 2. The Hall–Kier alpha value is -0.930. The van der Waals surface area contributed by atoms with Crippen LogP contribution in [0.4, 0.5) is 0 Å². The Morgan fingerprint density at radius 2 is 2.36 bits per heavy atom. The molecule has 0 saturated carbocycles. The van der Waals surface area contributed by atoms with E-state index in [0.29, 0.717) is 0 Å². The lowest BCUT2D eigenvalue weighted by atomic mass is 10.1. The fourth-order valence-electron chi connectivity index (χ4n) is 1.02. The molecule has 0 spiro atoms. The first-order chi connectivity index (χ1) is 5.25. The number of nitrogens with two attached hydrogens (primary N) is 1. The Morgan fingerprint density at radius 3 is 2.91 bits per heavy atom. The molecular formula is C8H13N3. The average molecular weight is 151 g/mol. The number of aromatic nitrogens is 1. The van der Waals surface area contributed by atoms with Crippen molar-refractivity contribution >= 4 is 0 Å². The Morgan fingerprint density at radius 1 is 1.64 bits per heavy atom. The number of nitrogens with one attached hydrogen (secondary N) is 1. The molecule has 0 amide bonds. The molecule has 1 unspecified atom stereocenters. The van der Waals surface area contributed by atoms with Gasteiger partial charge in [-0.15, -0.1) is 0 Å². The van der Waals surface area contributed by atoms with Gasteiger partial charge in [0.15, 0.2) is 0 Å². The zero-order chi connectivity index (χ0) is 8.27. The number of nitrogens with zero attached hydrogens (tertiary/aromatic N) is 1. The first-order valence-electron chi connectivity index (χ1n) is 3.62. The van der Waals surface area contributed by atoms with Crippen molar-refractivity contribution in [2.45, 2.75) is 19.9 Å². The predicted molar refractivity (Wildman–Crippen MR) is 44.7 cm³/mol. The van der Waals surface area contributed by atoms with E-state index in [2.05, 4.69) is 10.4 Å². The van der Waals surface area contributed by atoms with Crippen molar-refractivity contribution in [1.29, 1.82) is 0 Å². The van der Waals surface area contributed by atoms with E-state index >= 15 is 0 Å². The molecule has 1 atom stereocenters. The molecule has 11 heavy (non-hydrogen) atoms. The monoisotopic (exact) mass is 151 g/mol. The van der Waals surface area contributed by atoms with Gasteiger partial charge in [-0.25, -0.2) is 0 Å². The molecule has 0 aliphatic carbocycles. The molecule has 0 bridgehead atoms. The molecule has 0 aliphatic rings. The van der Waals surface area contributed by atoms with Crippen molar-refractivity contribution in [2.24, 2.45) is 5.84 Å². The third kappa shape index (κ3) is 1.76. The van der Waals surface area contributed by atoms with E-state index < -0.39 is 0 Å². The second-order valence-electron chi connectivity index (χ2n) is 2.62.